The molecule has 2 aromatic carbocycles. The second kappa shape index (κ2) is 12.2. The average Bonchev–Trinajstić information content (AvgIpc) is 2.91. The summed E-state index contributed by atoms with van der Waals surface area (Å²) in [5.41, 5.74) is -0.181. The summed E-state index contributed by atoms with van der Waals surface area (Å²) in [4.78, 5) is 13.7. The molecule has 1 aliphatic heterocycles. The van der Waals surface area contributed by atoms with Gasteiger partial charge < -0.3 is 20.3 Å². The monoisotopic (exact) mass is 619 g/mol. The predicted octanol–water partition coefficient (Wildman–Crippen LogP) is 4.91. The first kappa shape index (κ1) is 31.1. The van der Waals surface area contributed by atoms with Gasteiger partial charge in [-0.25, -0.2) is 8.42 Å². The minimum Gasteiger partial charge on any atom is -0.454 e. The average molecular weight is 620 g/mol. The van der Waals surface area contributed by atoms with Gasteiger partial charge in [0, 0.05) is 44.6 Å². The van der Waals surface area contributed by atoms with Crippen molar-refractivity contribution in [2.75, 3.05) is 49.3 Å². The second-order valence-corrected chi connectivity index (χ2v) is 11.5. The Morgan fingerprint density at radius 1 is 0.952 bits per heavy atom. The molecule has 1 aliphatic rings. The van der Waals surface area contributed by atoms with Gasteiger partial charge in [0.25, 0.3) is 0 Å². The van der Waals surface area contributed by atoms with Crippen molar-refractivity contribution >= 4 is 33.3 Å². The van der Waals surface area contributed by atoms with E-state index in [4.69, 9.17) is 0 Å². The summed E-state index contributed by atoms with van der Waals surface area (Å²) >= 11 is 0. The minimum atomic E-state index is -4.69. The topological polar surface area (TPSA) is 113 Å². The standard InChI is InChI=1S/C25H27F6N7O3S/c1-37(2)19-6-8-20(9-7-19)42(39,40)38-12-10-17(11-13-38)32-21-34-22(36-23(35-21)41-15-24(26,27)28)33-18-5-3-4-16(14-18)25(29,30)31/h3-9,14,17H,10-13,15H2,1-2H3,(H2,32,33,34,35,36). The van der Waals surface area contributed by atoms with Crippen molar-refractivity contribution < 1.29 is 39.5 Å². The summed E-state index contributed by atoms with van der Waals surface area (Å²) in [6.45, 7) is -1.41. The lowest BCUT2D eigenvalue weighted by atomic mass is 10.1. The fraction of sp³-hybridized carbons (Fsp3) is 0.400. The second-order valence-electron chi connectivity index (χ2n) is 9.58. The van der Waals surface area contributed by atoms with E-state index >= 15 is 0 Å². The molecule has 0 amide bonds. The SMILES string of the molecule is CN(C)c1ccc(S(=O)(=O)N2CCC(Nc3nc(Nc4cccc(C(F)(F)F)c4)nc(OCC(F)(F)F)n3)CC2)cc1. The lowest BCUT2D eigenvalue weighted by Crippen LogP contribution is -2.42. The van der Waals surface area contributed by atoms with E-state index in [9.17, 15) is 34.8 Å². The Hall–Kier alpha value is -3.86. The van der Waals surface area contributed by atoms with Gasteiger partial charge in [-0.15, -0.1) is 0 Å². The molecule has 2 N–H and O–H groups in total. The quantitative estimate of drug-likeness (QED) is 0.323. The molecule has 0 spiro atoms. The van der Waals surface area contributed by atoms with Crippen molar-refractivity contribution in [1.82, 2.24) is 19.3 Å². The highest BCUT2D eigenvalue weighted by molar-refractivity contribution is 7.89. The molecule has 0 radical (unpaired) electrons. The van der Waals surface area contributed by atoms with Crippen LogP contribution in [0.25, 0.3) is 0 Å². The summed E-state index contributed by atoms with van der Waals surface area (Å²) in [7, 11) is -0.0813. The number of piperidine rings is 1. The molecule has 10 nitrogen and oxygen atoms in total. The third kappa shape index (κ3) is 8.12. The Balaban J connectivity index is 1.47. The molecule has 4 rings (SSSR count). The molecule has 3 aromatic rings. The molecule has 2 heterocycles. The number of nitrogens with zero attached hydrogens (tertiary/aromatic N) is 5. The molecule has 1 aromatic heterocycles. The number of nitrogens with one attached hydrogen (secondary N) is 2. The molecule has 42 heavy (non-hydrogen) atoms. The number of rotatable bonds is 9. The van der Waals surface area contributed by atoms with E-state index in [1.54, 1.807) is 12.1 Å². The molecule has 1 saturated heterocycles. The number of anilines is 4. The molecule has 228 valence electrons. The van der Waals surface area contributed by atoms with Crippen LogP contribution in [0.5, 0.6) is 6.01 Å². The maximum atomic E-state index is 13.1. The van der Waals surface area contributed by atoms with Crippen LogP contribution in [0.1, 0.15) is 18.4 Å². The molecule has 17 heteroatoms. The highest BCUT2D eigenvalue weighted by Crippen LogP contribution is 2.31. The van der Waals surface area contributed by atoms with Crippen molar-refractivity contribution in [2.24, 2.45) is 0 Å². The van der Waals surface area contributed by atoms with Crippen LogP contribution in [0.2, 0.25) is 0 Å². The first-order valence-electron chi connectivity index (χ1n) is 12.5. The van der Waals surface area contributed by atoms with Crippen LogP contribution in [0, 0.1) is 0 Å². The van der Waals surface area contributed by atoms with Gasteiger partial charge in [-0.3, -0.25) is 0 Å². The first-order valence-corrected chi connectivity index (χ1v) is 14.0. The van der Waals surface area contributed by atoms with Crippen LogP contribution in [0.3, 0.4) is 0 Å². The molecule has 0 atom stereocenters. The van der Waals surface area contributed by atoms with Crippen molar-refractivity contribution in [2.45, 2.75) is 36.1 Å². The number of hydrogen-bond acceptors (Lipinski definition) is 9. The maximum absolute atomic E-state index is 13.1. The Morgan fingerprint density at radius 2 is 1.60 bits per heavy atom. The number of alkyl halides is 6. The molecular weight excluding hydrogens is 592 g/mol. The zero-order chi connectivity index (χ0) is 30.7. The fourth-order valence-corrected chi connectivity index (χ4v) is 5.55. The summed E-state index contributed by atoms with van der Waals surface area (Å²) in [5, 5.41) is 5.47. The number of halogens is 6. The zero-order valence-electron chi connectivity index (χ0n) is 22.4. The molecule has 0 saturated carbocycles. The molecular formula is C25H27F6N7O3S. The van der Waals surface area contributed by atoms with Gasteiger partial charge in [0.1, 0.15) is 0 Å². The van der Waals surface area contributed by atoms with E-state index in [1.165, 1.54) is 22.5 Å². The fourth-order valence-electron chi connectivity index (χ4n) is 4.08. The number of aromatic nitrogens is 3. The van der Waals surface area contributed by atoms with E-state index in [-0.39, 0.29) is 41.6 Å². The summed E-state index contributed by atoms with van der Waals surface area (Å²) in [6, 6.07) is 9.47. The smallest absolute Gasteiger partial charge is 0.422 e. The third-order valence-corrected chi connectivity index (χ3v) is 8.12. The van der Waals surface area contributed by atoms with Crippen molar-refractivity contribution in [3.05, 3.63) is 54.1 Å². The van der Waals surface area contributed by atoms with Crippen molar-refractivity contribution in [3.8, 4) is 6.01 Å². The number of hydrogen-bond donors (Lipinski definition) is 2. The largest absolute Gasteiger partial charge is 0.454 e. The zero-order valence-corrected chi connectivity index (χ0v) is 23.2. The van der Waals surface area contributed by atoms with E-state index < -0.39 is 40.6 Å². The Kier molecular flexibility index (Phi) is 9.01. The van der Waals surface area contributed by atoms with Crippen LogP contribution < -0.4 is 20.3 Å². The van der Waals surface area contributed by atoms with E-state index in [2.05, 4.69) is 30.3 Å². The van der Waals surface area contributed by atoms with Crippen LogP contribution in [-0.2, 0) is 16.2 Å². The van der Waals surface area contributed by atoms with Gasteiger partial charge in [-0.05, 0) is 55.3 Å². The Labute approximate surface area is 237 Å². The van der Waals surface area contributed by atoms with E-state index in [0.717, 1.165) is 23.9 Å². The Morgan fingerprint density at radius 3 is 2.19 bits per heavy atom. The summed E-state index contributed by atoms with van der Waals surface area (Å²) < 4.78 is 110. The number of benzene rings is 2. The predicted molar refractivity (Wildman–Crippen MR) is 142 cm³/mol. The van der Waals surface area contributed by atoms with Crippen LogP contribution >= 0.6 is 0 Å². The molecule has 0 unspecified atom stereocenters. The van der Waals surface area contributed by atoms with E-state index in [1.807, 2.05) is 19.0 Å². The number of sulfonamides is 1. The van der Waals surface area contributed by atoms with Crippen LogP contribution in [0.15, 0.2) is 53.4 Å². The number of ether oxygens (including phenoxy) is 1. The summed E-state index contributed by atoms with van der Waals surface area (Å²) in [6.07, 6.45) is -8.69. The third-order valence-electron chi connectivity index (χ3n) is 6.20. The lowest BCUT2D eigenvalue weighted by Gasteiger charge is -2.31. The van der Waals surface area contributed by atoms with Crippen molar-refractivity contribution in [3.63, 3.8) is 0 Å². The van der Waals surface area contributed by atoms with Gasteiger partial charge in [-0.1, -0.05) is 6.07 Å². The highest BCUT2D eigenvalue weighted by Gasteiger charge is 2.32. The Bertz CT molecular complexity index is 1480. The minimum absolute atomic E-state index is 0.0686. The highest BCUT2D eigenvalue weighted by atomic mass is 32.2. The molecule has 1 fully saturated rings. The normalized spacial score (nSPS) is 15.3. The van der Waals surface area contributed by atoms with Gasteiger partial charge >= 0.3 is 18.4 Å². The first-order chi connectivity index (χ1) is 19.6. The van der Waals surface area contributed by atoms with Gasteiger partial charge in [0.05, 0.1) is 10.5 Å². The lowest BCUT2D eigenvalue weighted by molar-refractivity contribution is -0.154. The van der Waals surface area contributed by atoms with Crippen LogP contribution in [-0.4, -0.2) is 73.7 Å². The van der Waals surface area contributed by atoms with Gasteiger partial charge in [0.15, 0.2) is 6.61 Å². The molecule has 0 bridgehead atoms. The van der Waals surface area contributed by atoms with Gasteiger partial charge in [0.2, 0.25) is 21.9 Å². The van der Waals surface area contributed by atoms with E-state index in [0.29, 0.717) is 12.8 Å². The van der Waals surface area contributed by atoms with Gasteiger partial charge in [-0.2, -0.15) is 45.6 Å². The molecule has 0 aliphatic carbocycles. The van der Waals surface area contributed by atoms with Crippen molar-refractivity contribution in [1.29, 1.82) is 0 Å². The maximum Gasteiger partial charge on any atom is 0.422 e. The summed E-state index contributed by atoms with van der Waals surface area (Å²) in [5.74, 6) is -0.553. The van der Waals surface area contributed by atoms with Crippen LogP contribution in [0.4, 0.5) is 49.6 Å².